The number of rotatable bonds is 1. The molecule has 0 aliphatic heterocycles. The molecule has 0 spiro atoms. The molecule has 6 heavy (non-hydrogen) atoms. The third-order valence-electron chi connectivity index (χ3n) is 0.385. The van der Waals surface area contributed by atoms with E-state index in [0.29, 0.717) is 0 Å². The number of Topliss-reactive ketones (excluding diaryl/α,β-unsaturated/α-hetero) is 1. The standard InChI is InChI=1S/C3H6NO2/c1-2(5)3(4)6/h3-4,6H,1H3. The number of aliphatic hydroxyl groups excluding tert-OH is 1. The van der Waals surface area contributed by atoms with Gasteiger partial charge >= 0.3 is 0 Å². The molecule has 0 aliphatic rings. The van der Waals surface area contributed by atoms with Gasteiger partial charge in [-0.3, -0.25) is 4.79 Å². The smallest absolute Gasteiger partial charge is 0.176 e. The van der Waals surface area contributed by atoms with Crippen LogP contribution in [0.15, 0.2) is 0 Å². The van der Waals surface area contributed by atoms with Crippen LogP contribution in [0.3, 0.4) is 0 Å². The van der Waals surface area contributed by atoms with Gasteiger partial charge < -0.3 is 5.11 Å². The molecule has 0 bridgehead atoms. The van der Waals surface area contributed by atoms with Crippen molar-refractivity contribution in [3.8, 4) is 0 Å². The zero-order chi connectivity index (χ0) is 5.15. The van der Waals surface area contributed by atoms with Crippen LogP contribution in [0.1, 0.15) is 6.92 Å². The second kappa shape index (κ2) is 1.89. The molecule has 0 fully saturated rings. The fraction of sp³-hybridized carbons (Fsp3) is 0.667. The van der Waals surface area contributed by atoms with Gasteiger partial charge in [-0.25, -0.2) is 5.73 Å². The number of aliphatic hydroxyl groups is 1. The zero-order valence-electron chi connectivity index (χ0n) is 3.43. The first-order chi connectivity index (χ1) is 2.64. The van der Waals surface area contributed by atoms with Crippen LogP contribution in [0, 0.1) is 0 Å². The highest BCUT2D eigenvalue weighted by Crippen LogP contribution is 1.70. The van der Waals surface area contributed by atoms with E-state index in [1.807, 2.05) is 0 Å². The Bertz CT molecular complexity index is 59.8. The summed E-state index contributed by atoms with van der Waals surface area (Å²) in [6.45, 7) is 1.16. The van der Waals surface area contributed by atoms with Crippen molar-refractivity contribution in [2.75, 3.05) is 0 Å². The van der Waals surface area contributed by atoms with Gasteiger partial charge in [-0.2, -0.15) is 0 Å². The van der Waals surface area contributed by atoms with E-state index < -0.39 is 12.0 Å². The number of carbonyl (C=O) groups is 1. The fourth-order valence-electron chi connectivity index (χ4n) is 0. The number of nitrogens with one attached hydrogen (secondary N) is 1. The molecule has 0 heterocycles. The van der Waals surface area contributed by atoms with Gasteiger partial charge in [-0.1, -0.05) is 0 Å². The third kappa shape index (κ3) is 1.87. The van der Waals surface area contributed by atoms with Crippen molar-refractivity contribution in [3.05, 3.63) is 0 Å². The van der Waals surface area contributed by atoms with Crippen LogP contribution in [0.4, 0.5) is 0 Å². The second-order valence-electron chi connectivity index (χ2n) is 1.01. The van der Waals surface area contributed by atoms with Gasteiger partial charge in [0, 0.05) is 0 Å². The molecular formula is C3H6NO2. The summed E-state index contributed by atoms with van der Waals surface area (Å²) in [7, 11) is 0. The average molecular weight is 88.1 g/mol. The molecule has 1 unspecified atom stereocenters. The average Bonchev–Trinajstić information content (AvgIpc) is 1.36. The molecule has 0 saturated heterocycles. The third-order valence-corrected chi connectivity index (χ3v) is 0.385. The van der Waals surface area contributed by atoms with Crippen molar-refractivity contribution in [2.24, 2.45) is 0 Å². The summed E-state index contributed by atoms with van der Waals surface area (Å²) in [5, 5.41) is 7.95. The monoisotopic (exact) mass is 88.0 g/mol. The Kier molecular flexibility index (Phi) is 1.76. The molecule has 0 amide bonds. The predicted octanol–water partition coefficient (Wildman–Crippen LogP) is -0.823. The van der Waals surface area contributed by atoms with E-state index in [9.17, 15) is 4.79 Å². The lowest BCUT2D eigenvalue weighted by molar-refractivity contribution is -0.124. The summed E-state index contributed by atoms with van der Waals surface area (Å²) >= 11 is 0. The highest BCUT2D eigenvalue weighted by Gasteiger charge is 1.98. The van der Waals surface area contributed by atoms with Crippen LogP contribution >= 0.6 is 0 Å². The van der Waals surface area contributed by atoms with Crippen LogP contribution in [-0.2, 0) is 4.79 Å². The van der Waals surface area contributed by atoms with Crippen LogP contribution in [0.25, 0.3) is 0 Å². The van der Waals surface area contributed by atoms with Crippen molar-refractivity contribution < 1.29 is 9.90 Å². The number of ketones is 1. The van der Waals surface area contributed by atoms with E-state index in [-0.39, 0.29) is 0 Å². The molecular weight excluding hydrogens is 82.0 g/mol. The normalized spacial score (nSPS) is 13.8. The summed E-state index contributed by atoms with van der Waals surface area (Å²) in [5.41, 5.74) is 6.24. The Morgan fingerprint density at radius 1 is 2.00 bits per heavy atom. The highest BCUT2D eigenvalue weighted by atomic mass is 16.3. The fourth-order valence-corrected chi connectivity index (χ4v) is 0. The lowest BCUT2D eigenvalue weighted by atomic mass is 10.4. The summed E-state index contributed by atoms with van der Waals surface area (Å²) in [5.74, 6) is -0.519. The maximum Gasteiger partial charge on any atom is 0.176 e. The minimum Gasteiger partial charge on any atom is -0.370 e. The maximum atomic E-state index is 9.71. The molecule has 0 rings (SSSR count). The molecule has 35 valence electrons. The van der Waals surface area contributed by atoms with Crippen molar-refractivity contribution in [3.63, 3.8) is 0 Å². The molecule has 0 aromatic heterocycles. The second-order valence-corrected chi connectivity index (χ2v) is 1.01. The Balaban J connectivity index is 3.26. The van der Waals surface area contributed by atoms with Crippen LogP contribution in [-0.4, -0.2) is 17.1 Å². The first-order valence-corrected chi connectivity index (χ1v) is 1.54. The first kappa shape index (κ1) is 5.59. The van der Waals surface area contributed by atoms with Crippen LogP contribution in [0.5, 0.6) is 0 Å². The molecule has 0 aromatic rings. The summed E-state index contributed by atoms with van der Waals surface area (Å²) < 4.78 is 0. The maximum absolute atomic E-state index is 9.71. The Hall–Kier alpha value is -0.410. The van der Waals surface area contributed by atoms with Gasteiger partial charge in [0.25, 0.3) is 0 Å². The van der Waals surface area contributed by atoms with E-state index in [1.165, 1.54) is 0 Å². The Morgan fingerprint density at radius 3 is 2.17 bits per heavy atom. The van der Waals surface area contributed by atoms with Gasteiger partial charge in [0.1, 0.15) is 0 Å². The van der Waals surface area contributed by atoms with E-state index in [4.69, 9.17) is 10.8 Å². The molecule has 0 saturated carbocycles. The van der Waals surface area contributed by atoms with Crippen LogP contribution < -0.4 is 5.73 Å². The topological polar surface area (TPSA) is 61.1 Å². The van der Waals surface area contributed by atoms with E-state index in [2.05, 4.69) is 0 Å². The Morgan fingerprint density at radius 2 is 2.17 bits per heavy atom. The molecule has 3 heteroatoms. The van der Waals surface area contributed by atoms with Gasteiger partial charge in [0.15, 0.2) is 12.0 Å². The van der Waals surface area contributed by atoms with E-state index in [0.717, 1.165) is 6.92 Å². The van der Waals surface area contributed by atoms with Gasteiger partial charge in [-0.15, -0.1) is 0 Å². The number of carbonyl (C=O) groups excluding carboxylic acids is 1. The molecule has 3 nitrogen and oxygen atoms in total. The summed E-state index contributed by atoms with van der Waals surface area (Å²) in [4.78, 5) is 9.71. The lowest BCUT2D eigenvalue weighted by Crippen LogP contribution is -2.16. The van der Waals surface area contributed by atoms with Crippen molar-refractivity contribution >= 4 is 5.78 Å². The van der Waals surface area contributed by atoms with Crippen molar-refractivity contribution in [1.82, 2.24) is 5.73 Å². The first-order valence-electron chi connectivity index (χ1n) is 1.54. The number of hydrogen-bond acceptors (Lipinski definition) is 2. The highest BCUT2D eigenvalue weighted by molar-refractivity contribution is 5.79. The van der Waals surface area contributed by atoms with E-state index >= 15 is 0 Å². The largest absolute Gasteiger partial charge is 0.370 e. The van der Waals surface area contributed by atoms with Gasteiger partial charge in [0.2, 0.25) is 0 Å². The predicted molar refractivity (Wildman–Crippen MR) is 19.8 cm³/mol. The molecule has 0 aliphatic carbocycles. The molecule has 0 aromatic carbocycles. The minimum atomic E-state index is -1.54. The number of hydrogen-bond donors (Lipinski definition) is 1. The summed E-state index contributed by atoms with van der Waals surface area (Å²) in [6.07, 6.45) is -1.54. The summed E-state index contributed by atoms with van der Waals surface area (Å²) in [6, 6.07) is 0. The molecule has 1 atom stereocenters. The zero-order valence-corrected chi connectivity index (χ0v) is 3.43. The quantitative estimate of drug-likeness (QED) is 0.455. The van der Waals surface area contributed by atoms with Gasteiger partial charge in [-0.05, 0) is 6.92 Å². The minimum absolute atomic E-state index is 0.519. The van der Waals surface area contributed by atoms with Crippen LogP contribution in [0.2, 0.25) is 0 Å². The van der Waals surface area contributed by atoms with Crippen molar-refractivity contribution in [1.29, 1.82) is 0 Å². The molecule has 2 N–H and O–H groups in total. The SMILES string of the molecule is CC(=O)C([NH])O. The van der Waals surface area contributed by atoms with E-state index in [1.54, 1.807) is 0 Å². The molecule has 1 radical (unpaired) electrons. The lowest BCUT2D eigenvalue weighted by Gasteiger charge is -1.89. The van der Waals surface area contributed by atoms with Gasteiger partial charge in [0.05, 0.1) is 0 Å². The Labute approximate surface area is 35.8 Å². The van der Waals surface area contributed by atoms with Crippen molar-refractivity contribution in [2.45, 2.75) is 13.2 Å².